The average molecular weight is 322 g/mol. The van der Waals surface area contributed by atoms with E-state index in [9.17, 15) is 0 Å². The third-order valence-corrected chi connectivity index (χ3v) is 9.22. The van der Waals surface area contributed by atoms with E-state index in [1.165, 1.54) is 4.88 Å². The fraction of sp³-hybridized carbons (Fsp3) is 0.727. The van der Waals surface area contributed by atoms with Gasteiger partial charge in [-0.3, -0.25) is 0 Å². The number of hydrogen-bond acceptors (Lipinski definition) is 3. The normalized spacial score (nSPS) is 13.1. The molecule has 0 aliphatic rings. The monoisotopic (exact) mass is 321 g/mol. The summed E-state index contributed by atoms with van der Waals surface area (Å²) < 4.78 is 7.06. The Labute approximate surface area is 112 Å². The molecule has 0 radical (unpaired) electrons. The fourth-order valence-electron chi connectivity index (χ4n) is 1.02. The Balaban J connectivity index is 2.41. The summed E-state index contributed by atoms with van der Waals surface area (Å²) in [6.45, 7) is 12.2. The van der Waals surface area contributed by atoms with Crippen molar-refractivity contribution in [1.82, 2.24) is 4.98 Å². The largest absolute Gasteiger partial charge is 0.416 e. The standard InChI is InChI=1S/C11H20BrNOSSi/c1-11(2,3)16(4,5)14-7-6-9-8-13-10(12)15-9/h8H,6-7H2,1-5H3. The predicted molar refractivity (Wildman–Crippen MR) is 76.7 cm³/mol. The van der Waals surface area contributed by atoms with E-state index in [0.717, 1.165) is 16.9 Å². The molecule has 5 heteroatoms. The maximum absolute atomic E-state index is 6.11. The summed E-state index contributed by atoms with van der Waals surface area (Å²) in [6.07, 6.45) is 2.89. The number of thiazole rings is 1. The first-order chi connectivity index (χ1) is 7.22. The highest BCUT2D eigenvalue weighted by atomic mass is 79.9. The van der Waals surface area contributed by atoms with Crippen LogP contribution < -0.4 is 0 Å². The zero-order chi connectivity index (χ0) is 12.4. The minimum absolute atomic E-state index is 0.293. The van der Waals surface area contributed by atoms with Gasteiger partial charge in [0.25, 0.3) is 0 Å². The van der Waals surface area contributed by atoms with Crippen molar-refractivity contribution in [3.63, 3.8) is 0 Å². The molecule has 0 spiro atoms. The van der Waals surface area contributed by atoms with Crippen LogP contribution in [-0.2, 0) is 10.8 Å². The summed E-state index contributed by atoms with van der Waals surface area (Å²) in [5.74, 6) is 0. The molecule has 0 unspecified atom stereocenters. The fourth-order valence-corrected chi connectivity index (χ4v) is 3.41. The van der Waals surface area contributed by atoms with E-state index >= 15 is 0 Å². The minimum Gasteiger partial charge on any atom is -0.416 e. The van der Waals surface area contributed by atoms with E-state index < -0.39 is 8.32 Å². The number of hydrogen-bond donors (Lipinski definition) is 0. The van der Waals surface area contributed by atoms with Gasteiger partial charge in [0.2, 0.25) is 0 Å². The summed E-state index contributed by atoms with van der Waals surface area (Å²) in [7, 11) is -1.58. The van der Waals surface area contributed by atoms with Gasteiger partial charge in [-0.05, 0) is 34.1 Å². The molecule has 1 aromatic rings. The van der Waals surface area contributed by atoms with Crippen molar-refractivity contribution in [2.45, 2.75) is 45.3 Å². The molecule has 0 saturated heterocycles. The molecule has 1 aromatic heterocycles. The summed E-state index contributed by atoms with van der Waals surface area (Å²) in [4.78, 5) is 5.45. The smallest absolute Gasteiger partial charge is 0.191 e. The Morgan fingerprint density at radius 1 is 1.44 bits per heavy atom. The molecule has 16 heavy (non-hydrogen) atoms. The van der Waals surface area contributed by atoms with Crippen LogP contribution in [0.4, 0.5) is 0 Å². The van der Waals surface area contributed by atoms with Crippen molar-refractivity contribution < 1.29 is 4.43 Å². The number of nitrogens with zero attached hydrogens (tertiary/aromatic N) is 1. The van der Waals surface area contributed by atoms with E-state index in [1.807, 2.05) is 6.20 Å². The summed E-state index contributed by atoms with van der Waals surface area (Å²) in [5.41, 5.74) is 0. The van der Waals surface area contributed by atoms with Crippen LogP contribution >= 0.6 is 27.3 Å². The zero-order valence-electron chi connectivity index (χ0n) is 10.6. The van der Waals surface area contributed by atoms with Crippen LogP contribution in [0.25, 0.3) is 0 Å². The van der Waals surface area contributed by atoms with Crippen molar-refractivity contribution in [2.75, 3.05) is 6.61 Å². The van der Waals surface area contributed by atoms with Crippen molar-refractivity contribution in [1.29, 1.82) is 0 Å². The zero-order valence-corrected chi connectivity index (χ0v) is 14.0. The van der Waals surface area contributed by atoms with Crippen LogP contribution in [0.5, 0.6) is 0 Å². The average Bonchev–Trinajstić information content (AvgIpc) is 2.49. The van der Waals surface area contributed by atoms with Crippen LogP contribution in [0.3, 0.4) is 0 Å². The van der Waals surface area contributed by atoms with Gasteiger partial charge in [0.1, 0.15) is 0 Å². The van der Waals surface area contributed by atoms with Gasteiger partial charge in [0.15, 0.2) is 12.2 Å². The Morgan fingerprint density at radius 3 is 2.50 bits per heavy atom. The van der Waals surface area contributed by atoms with E-state index in [0.29, 0.717) is 5.04 Å². The number of halogens is 1. The second-order valence-corrected chi connectivity index (χ2v) is 12.6. The highest BCUT2D eigenvalue weighted by Gasteiger charge is 2.36. The third-order valence-electron chi connectivity index (χ3n) is 3.14. The molecule has 1 rings (SSSR count). The van der Waals surface area contributed by atoms with Crippen LogP contribution in [-0.4, -0.2) is 19.9 Å². The topological polar surface area (TPSA) is 22.1 Å². The first kappa shape index (κ1) is 14.3. The summed E-state index contributed by atoms with van der Waals surface area (Å²) in [5, 5.41) is 0.293. The van der Waals surface area contributed by atoms with Gasteiger partial charge in [0, 0.05) is 24.1 Å². The maximum Gasteiger partial charge on any atom is 0.191 e. The maximum atomic E-state index is 6.11. The Kier molecular flexibility index (Phi) is 4.74. The molecule has 0 aliphatic carbocycles. The SMILES string of the molecule is CC(C)(C)[Si](C)(C)OCCc1cnc(Br)s1. The Bertz CT molecular complexity index is 346. The lowest BCUT2D eigenvalue weighted by Crippen LogP contribution is -2.41. The summed E-state index contributed by atoms with van der Waals surface area (Å²) in [6, 6.07) is 0. The molecular formula is C11H20BrNOSSi. The second-order valence-electron chi connectivity index (χ2n) is 5.44. The first-order valence-electron chi connectivity index (χ1n) is 5.46. The van der Waals surface area contributed by atoms with Gasteiger partial charge in [-0.25, -0.2) is 4.98 Å². The third kappa shape index (κ3) is 3.94. The van der Waals surface area contributed by atoms with E-state index in [4.69, 9.17) is 4.43 Å². The lowest BCUT2D eigenvalue weighted by atomic mass is 10.2. The van der Waals surface area contributed by atoms with Crippen LogP contribution in [0.15, 0.2) is 10.1 Å². The number of rotatable bonds is 4. The van der Waals surface area contributed by atoms with Gasteiger partial charge in [-0.2, -0.15) is 0 Å². The highest BCUT2D eigenvalue weighted by molar-refractivity contribution is 9.11. The van der Waals surface area contributed by atoms with E-state index in [1.54, 1.807) is 11.3 Å². The number of aromatic nitrogens is 1. The van der Waals surface area contributed by atoms with Crippen molar-refractivity contribution in [2.24, 2.45) is 0 Å². The van der Waals surface area contributed by atoms with Crippen LogP contribution in [0.1, 0.15) is 25.6 Å². The molecule has 0 amide bonds. The van der Waals surface area contributed by atoms with E-state index in [-0.39, 0.29) is 0 Å². The van der Waals surface area contributed by atoms with E-state index in [2.05, 4.69) is 54.8 Å². The Hall–Kier alpha value is 0.287. The lowest BCUT2D eigenvalue weighted by Gasteiger charge is -2.36. The van der Waals surface area contributed by atoms with Crippen molar-refractivity contribution in [3.05, 3.63) is 15.0 Å². The molecule has 1 heterocycles. The quantitative estimate of drug-likeness (QED) is 0.763. The molecule has 0 aliphatic heterocycles. The van der Waals surface area contributed by atoms with Gasteiger partial charge in [0.05, 0.1) is 0 Å². The molecule has 92 valence electrons. The molecule has 0 N–H and O–H groups in total. The predicted octanol–water partition coefficient (Wildman–Crippen LogP) is 4.47. The molecular weight excluding hydrogens is 302 g/mol. The van der Waals surface area contributed by atoms with Gasteiger partial charge < -0.3 is 4.43 Å². The second kappa shape index (κ2) is 5.29. The molecule has 0 aromatic carbocycles. The molecule has 0 saturated carbocycles. The van der Waals surface area contributed by atoms with Crippen molar-refractivity contribution >= 4 is 35.6 Å². The highest BCUT2D eigenvalue weighted by Crippen LogP contribution is 2.36. The lowest BCUT2D eigenvalue weighted by molar-refractivity contribution is 0.293. The molecule has 2 nitrogen and oxygen atoms in total. The molecule has 0 atom stereocenters. The van der Waals surface area contributed by atoms with Gasteiger partial charge >= 0.3 is 0 Å². The van der Waals surface area contributed by atoms with Gasteiger partial charge in [-0.1, -0.05) is 20.8 Å². The summed E-state index contributed by atoms with van der Waals surface area (Å²) >= 11 is 5.06. The van der Waals surface area contributed by atoms with Gasteiger partial charge in [-0.15, -0.1) is 11.3 Å². The van der Waals surface area contributed by atoms with Crippen LogP contribution in [0, 0.1) is 0 Å². The van der Waals surface area contributed by atoms with Crippen LogP contribution in [0.2, 0.25) is 18.1 Å². The molecule has 0 fully saturated rings. The molecule has 0 bridgehead atoms. The minimum atomic E-state index is -1.58. The van der Waals surface area contributed by atoms with Crippen molar-refractivity contribution in [3.8, 4) is 0 Å². The Morgan fingerprint density at radius 2 is 2.06 bits per heavy atom. The first-order valence-corrected chi connectivity index (χ1v) is 9.98.